The van der Waals surface area contributed by atoms with Crippen LogP contribution in [0.1, 0.15) is 31.5 Å². The summed E-state index contributed by atoms with van der Waals surface area (Å²) in [4.78, 5) is 4.42. The molecule has 3 N–H and O–H groups in total. The maximum Gasteiger partial charge on any atom is 0.146 e. The first-order valence-electron chi connectivity index (χ1n) is 4.35. The number of nitrogens with zero attached hydrogens (tertiary/aromatic N) is 2. The van der Waals surface area contributed by atoms with Gasteiger partial charge in [0.15, 0.2) is 0 Å². The first-order chi connectivity index (χ1) is 6.43. The zero-order valence-electron chi connectivity index (χ0n) is 8.61. The van der Waals surface area contributed by atoms with E-state index >= 15 is 0 Å². The van der Waals surface area contributed by atoms with Crippen molar-refractivity contribution in [2.24, 2.45) is 10.9 Å². The molecule has 0 saturated carbocycles. The average molecular weight is 213 g/mol. The lowest BCUT2D eigenvalue weighted by atomic mass is 9.93. The van der Waals surface area contributed by atoms with Crippen molar-refractivity contribution in [3.8, 4) is 0 Å². The molecule has 0 aliphatic rings. The van der Waals surface area contributed by atoms with Crippen LogP contribution < -0.4 is 5.73 Å². The van der Waals surface area contributed by atoms with Gasteiger partial charge in [0, 0.05) is 10.8 Å². The molecule has 0 amide bonds. The third-order valence-corrected chi connectivity index (χ3v) is 2.63. The molecule has 4 nitrogen and oxygen atoms in total. The van der Waals surface area contributed by atoms with Crippen LogP contribution in [0.2, 0.25) is 0 Å². The van der Waals surface area contributed by atoms with Gasteiger partial charge >= 0.3 is 0 Å². The fourth-order valence-electron chi connectivity index (χ4n) is 0.927. The molecule has 1 rings (SSSR count). The molecule has 0 fully saturated rings. The highest BCUT2D eigenvalue weighted by Crippen LogP contribution is 2.23. The van der Waals surface area contributed by atoms with Gasteiger partial charge in [-0.3, -0.25) is 0 Å². The predicted octanol–water partition coefficient (Wildman–Crippen LogP) is 1.73. The van der Waals surface area contributed by atoms with Gasteiger partial charge in [-0.05, 0) is 0 Å². The normalized spacial score (nSPS) is 13.2. The summed E-state index contributed by atoms with van der Waals surface area (Å²) in [7, 11) is 0. The molecule has 0 unspecified atom stereocenters. The van der Waals surface area contributed by atoms with E-state index in [1.54, 1.807) is 0 Å². The van der Waals surface area contributed by atoms with E-state index in [1.807, 2.05) is 5.38 Å². The van der Waals surface area contributed by atoms with E-state index in [0.717, 1.165) is 10.7 Å². The molecule has 0 radical (unpaired) electrons. The first-order valence-corrected chi connectivity index (χ1v) is 5.22. The molecule has 1 aromatic rings. The van der Waals surface area contributed by atoms with Crippen LogP contribution in [0.15, 0.2) is 10.5 Å². The third kappa shape index (κ3) is 2.70. The minimum Gasteiger partial charge on any atom is -0.409 e. The van der Waals surface area contributed by atoms with E-state index in [4.69, 9.17) is 10.9 Å². The highest BCUT2D eigenvalue weighted by molar-refractivity contribution is 7.09. The van der Waals surface area contributed by atoms with Gasteiger partial charge in [0.1, 0.15) is 10.8 Å². The Hall–Kier alpha value is -1.10. The number of thiazole rings is 1. The molecular weight excluding hydrogens is 198 g/mol. The zero-order chi connectivity index (χ0) is 10.8. The summed E-state index contributed by atoms with van der Waals surface area (Å²) in [6.07, 6.45) is 0.414. The summed E-state index contributed by atoms with van der Waals surface area (Å²) < 4.78 is 0. The van der Waals surface area contributed by atoms with Crippen molar-refractivity contribution in [2.45, 2.75) is 32.6 Å². The largest absolute Gasteiger partial charge is 0.409 e. The van der Waals surface area contributed by atoms with Crippen molar-refractivity contribution >= 4 is 17.2 Å². The smallest absolute Gasteiger partial charge is 0.146 e. The van der Waals surface area contributed by atoms with Crippen molar-refractivity contribution < 1.29 is 5.21 Å². The molecule has 0 bridgehead atoms. The first kappa shape index (κ1) is 11.0. The van der Waals surface area contributed by atoms with Crippen LogP contribution in [-0.2, 0) is 11.8 Å². The highest BCUT2D eigenvalue weighted by Gasteiger charge is 2.17. The second kappa shape index (κ2) is 3.96. The highest BCUT2D eigenvalue weighted by atomic mass is 32.1. The van der Waals surface area contributed by atoms with Crippen LogP contribution >= 0.6 is 11.3 Å². The molecule has 0 spiro atoms. The second-order valence-corrected chi connectivity index (χ2v) is 5.09. The average Bonchev–Trinajstić information content (AvgIpc) is 2.51. The molecule has 78 valence electrons. The molecular formula is C9H15N3OS. The summed E-state index contributed by atoms with van der Waals surface area (Å²) in [6.45, 7) is 6.32. The Kier molecular flexibility index (Phi) is 3.10. The summed E-state index contributed by atoms with van der Waals surface area (Å²) in [6, 6.07) is 0. The van der Waals surface area contributed by atoms with E-state index in [-0.39, 0.29) is 11.3 Å². The lowest BCUT2D eigenvalue weighted by molar-refractivity contribution is 0.317. The van der Waals surface area contributed by atoms with Gasteiger partial charge in [-0.1, -0.05) is 25.9 Å². The predicted molar refractivity (Wildman–Crippen MR) is 57.9 cm³/mol. The van der Waals surface area contributed by atoms with Crippen LogP contribution in [0.25, 0.3) is 0 Å². The lowest BCUT2D eigenvalue weighted by Crippen LogP contribution is -2.15. The van der Waals surface area contributed by atoms with Gasteiger partial charge in [0.05, 0.1) is 12.1 Å². The summed E-state index contributed by atoms with van der Waals surface area (Å²) in [5, 5.41) is 14.2. The number of hydrogen-bond acceptors (Lipinski definition) is 4. The van der Waals surface area contributed by atoms with Gasteiger partial charge in [-0.25, -0.2) is 4.98 Å². The van der Waals surface area contributed by atoms with Crippen LogP contribution in [0.5, 0.6) is 0 Å². The molecule has 1 heterocycles. The molecule has 0 atom stereocenters. The van der Waals surface area contributed by atoms with Crippen molar-refractivity contribution in [3.63, 3.8) is 0 Å². The number of aromatic nitrogens is 1. The lowest BCUT2D eigenvalue weighted by Gasteiger charge is -2.14. The van der Waals surface area contributed by atoms with Crippen molar-refractivity contribution in [1.82, 2.24) is 4.98 Å². The molecule has 0 saturated heterocycles. The van der Waals surface area contributed by atoms with Crippen molar-refractivity contribution in [2.75, 3.05) is 0 Å². The Morgan fingerprint density at radius 1 is 1.64 bits per heavy atom. The summed E-state index contributed by atoms with van der Waals surface area (Å²) in [5.74, 6) is 0.194. The van der Waals surface area contributed by atoms with E-state index in [1.165, 1.54) is 11.3 Å². The van der Waals surface area contributed by atoms with Gasteiger partial charge in [0.25, 0.3) is 0 Å². The van der Waals surface area contributed by atoms with E-state index in [0.29, 0.717) is 6.42 Å². The topological polar surface area (TPSA) is 71.5 Å². The molecule has 0 aliphatic heterocycles. The number of amidine groups is 1. The number of rotatable bonds is 2. The molecule has 0 aliphatic carbocycles. The van der Waals surface area contributed by atoms with E-state index in [9.17, 15) is 0 Å². The van der Waals surface area contributed by atoms with E-state index in [2.05, 4.69) is 30.9 Å². The SMILES string of the molecule is CC(C)(C)c1csc(CC(N)=NO)n1. The summed E-state index contributed by atoms with van der Waals surface area (Å²) >= 11 is 1.54. The molecule has 5 heteroatoms. The van der Waals surface area contributed by atoms with Gasteiger partial charge in [-0.15, -0.1) is 11.3 Å². The minimum atomic E-state index is 0.0554. The zero-order valence-corrected chi connectivity index (χ0v) is 9.43. The standard InChI is InChI=1S/C9H15N3OS/c1-9(2,3)6-5-14-8(11-6)4-7(10)12-13/h5,13H,4H2,1-3H3,(H2,10,12). The molecule has 1 aromatic heterocycles. The second-order valence-electron chi connectivity index (χ2n) is 4.14. The Labute approximate surface area is 87.5 Å². The fourth-order valence-corrected chi connectivity index (χ4v) is 1.96. The number of hydrogen-bond donors (Lipinski definition) is 2. The monoisotopic (exact) mass is 213 g/mol. The minimum absolute atomic E-state index is 0.0554. The Bertz CT molecular complexity index is 338. The van der Waals surface area contributed by atoms with Crippen LogP contribution in [-0.4, -0.2) is 16.0 Å². The van der Waals surface area contributed by atoms with E-state index < -0.39 is 0 Å². The Balaban J connectivity index is 2.79. The van der Waals surface area contributed by atoms with Crippen LogP contribution in [0.3, 0.4) is 0 Å². The maximum absolute atomic E-state index is 8.40. The molecule has 0 aromatic carbocycles. The maximum atomic E-state index is 8.40. The van der Waals surface area contributed by atoms with Gasteiger partial charge in [0.2, 0.25) is 0 Å². The fraction of sp³-hybridized carbons (Fsp3) is 0.556. The third-order valence-electron chi connectivity index (χ3n) is 1.78. The van der Waals surface area contributed by atoms with Crippen LogP contribution in [0, 0.1) is 0 Å². The van der Waals surface area contributed by atoms with Gasteiger partial charge < -0.3 is 10.9 Å². The Morgan fingerprint density at radius 2 is 2.29 bits per heavy atom. The quantitative estimate of drug-likeness (QED) is 0.340. The number of nitrogens with two attached hydrogens (primary N) is 1. The van der Waals surface area contributed by atoms with Crippen molar-refractivity contribution in [1.29, 1.82) is 0 Å². The molecule has 14 heavy (non-hydrogen) atoms. The van der Waals surface area contributed by atoms with Crippen molar-refractivity contribution in [3.05, 3.63) is 16.1 Å². The summed E-state index contributed by atoms with van der Waals surface area (Å²) in [5.41, 5.74) is 6.49. The Morgan fingerprint density at radius 3 is 2.71 bits per heavy atom. The number of oxime groups is 1. The van der Waals surface area contributed by atoms with Crippen LogP contribution in [0.4, 0.5) is 0 Å². The van der Waals surface area contributed by atoms with Gasteiger partial charge in [-0.2, -0.15) is 0 Å².